The zero-order valence-electron chi connectivity index (χ0n) is 12.1. The lowest BCUT2D eigenvalue weighted by Gasteiger charge is -2.04. The van der Waals surface area contributed by atoms with Crippen LogP contribution in [0.5, 0.6) is 0 Å². The van der Waals surface area contributed by atoms with Gasteiger partial charge in [0.05, 0.1) is 19.0 Å². The number of ether oxygens (including phenoxy) is 1. The number of carbonyl (C=O) groups is 1. The van der Waals surface area contributed by atoms with Gasteiger partial charge in [0.2, 0.25) is 0 Å². The van der Waals surface area contributed by atoms with E-state index in [2.05, 4.69) is 20.7 Å². The van der Waals surface area contributed by atoms with Gasteiger partial charge in [0.25, 0.3) is 5.91 Å². The molecule has 8 heteroatoms. The lowest BCUT2D eigenvalue weighted by Crippen LogP contribution is -2.32. The third-order valence-electron chi connectivity index (χ3n) is 2.75. The fourth-order valence-corrected chi connectivity index (χ4v) is 2.50. The van der Waals surface area contributed by atoms with E-state index >= 15 is 0 Å². The molecule has 0 aliphatic rings. The molecule has 0 saturated carbocycles. The quantitative estimate of drug-likeness (QED) is 0.695. The molecule has 2 heterocycles. The molecule has 0 spiro atoms. The average molecular weight is 309 g/mol. The lowest BCUT2D eigenvalue weighted by atomic mass is 10.4. The Balaban J connectivity index is 1.79. The van der Waals surface area contributed by atoms with E-state index in [1.54, 1.807) is 24.2 Å². The van der Waals surface area contributed by atoms with Crippen molar-refractivity contribution in [1.29, 1.82) is 0 Å². The van der Waals surface area contributed by atoms with Crippen LogP contribution in [0, 0.1) is 0 Å². The largest absolute Gasteiger partial charge is 0.383 e. The summed E-state index contributed by atoms with van der Waals surface area (Å²) in [7, 11) is 3.51. The second kappa shape index (κ2) is 7.87. The molecular formula is C13H19N5O2S. The Bertz CT molecular complexity index is 581. The summed E-state index contributed by atoms with van der Waals surface area (Å²) in [6, 6.07) is 0. The van der Waals surface area contributed by atoms with Crippen molar-refractivity contribution in [2.75, 3.05) is 33.4 Å². The van der Waals surface area contributed by atoms with Gasteiger partial charge >= 0.3 is 0 Å². The van der Waals surface area contributed by atoms with Crippen LogP contribution in [0.4, 0.5) is 0 Å². The Hall–Kier alpha value is -1.77. The first-order valence-electron chi connectivity index (χ1n) is 6.63. The Morgan fingerprint density at radius 3 is 2.95 bits per heavy atom. The minimum Gasteiger partial charge on any atom is -0.383 e. The topological polar surface area (TPSA) is 81.1 Å². The highest BCUT2D eigenvalue weighted by atomic mass is 32.1. The van der Waals surface area contributed by atoms with Gasteiger partial charge in [0.15, 0.2) is 0 Å². The van der Waals surface area contributed by atoms with Gasteiger partial charge in [-0.3, -0.25) is 9.48 Å². The molecule has 2 rings (SSSR count). The highest BCUT2D eigenvalue weighted by Gasteiger charge is 2.12. The van der Waals surface area contributed by atoms with Gasteiger partial charge in [-0.05, 0) is 0 Å². The number of nitrogens with zero attached hydrogens (tertiary/aromatic N) is 3. The molecule has 0 unspecified atom stereocenters. The molecule has 0 atom stereocenters. The van der Waals surface area contributed by atoms with E-state index in [0.29, 0.717) is 24.6 Å². The van der Waals surface area contributed by atoms with Crippen molar-refractivity contribution in [3.8, 4) is 10.6 Å². The number of amides is 1. The number of hydrogen-bond donors (Lipinski definition) is 2. The average Bonchev–Trinajstić information content (AvgIpc) is 3.11. The Morgan fingerprint density at radius 1 is 1.38 bits per heavy atom. The molecule has 2 aromatic rings. The maximum atomic E-state index is 12.0. The van der Waals surface area contributed by atoms with Gasteiger partial charge in [-0.1, -0.05) is 0 Å². The van der Waals surface area contributed by atoms with E-state index in [9.17, 15) is 4.79 Å². The number of rotatable bonds is 8. The van der Waals surface area contributed by atoms with E-state index in [4.69, 9.17) is 4.74 Å². The maximum Gasteiger partial charge on any atom is 0.263 e. The van der Waals surface area contributed by atoms with Crippen molar-refractivity contribution in [2.45, 2.75) is 0 Å². The monoisotopic (exact) mass is 309 g/mol. The van der Waals surface area contributed by atoms with Crippen molar-refractivity contribution < 1.29 is 9.53 Å². The molecule has 1 amide bonds. The Kier molecular flexibility index (Phi) is 5.85. The molecule has 114 valence electrons. The van der Waals surface area contributed by atoms with Gasteiger partial charge in [-0.2, -0.15) is 5.10 Å². The second-order valence-electron chi connectivity index (χ2n) is 4.43. The van der Waals surface area contributed by atoms with Gasteiger partial charge in [-0.25, -0.2) is 4.98 Å². The third kappa shape index (κ3) is 4.62. The van der Waals surface area contributed by atoms with Crippen LogP contribution in [0.15, 0.2) is 18.6 Å². The summed E-state index contributed by atoms with van der Waals surface area (Å²) in [4.78, 5) is 16.8. The molecule has 0 aromatic carbocycles. The number of aromatic nitrogens is 3. The first-order chi connectivity index (χ1) is 10.2. The summed E-state index contributed by atoms with van der Waals surface area (Å²) < 4.78 is 6.63. The van der Waals surface area contributed by atoms with Crippen LogP contribution in [-0.2, 0) is 11.8 Å². The predicted molar refractivity (Wildman–Crippen MR) is 81.4 cm³/mol. The minimum atomic E-state index is -0.101. The van der Waals surface area contributed by atoms with E-state index in [-0.39, 0.29) is 5.91 Å². The van der Waals surface area contributed by atoms with E-state index in [1.807, 2.05) is 13.2 Å². The second-order valence-corrected chi connectivity index (χ2v) is 5.46. The highest BCUT2D eigenvalue weighted by Crippen LogP contribution is 2.24. The van der Waals surface area contributed by atoms with E-state index in [0.717, 1.165) is 17.1 Å². The van der Waals surface area contributed by atoms with Gasteiger partial charge < -0.3 is 15.4 Å². The van der Waals surface area contributed by atoms with Crippen molar-refractivity contribution >= 4 is 17.2 Å². The van der Waals surface area contributed by atoms with Gasteiger partial charge in [-0.15, -0.1) is 11.3 Å². The molecule has 2 N–H and O–H groups in total. The summed E-state index contributed by atoms with van der Waals surface area (Å²) in [5, 5.41) is 10.9. The summed E-state index contributed by atoms with van der Waals surface area (Å²) in [6.07, 6.45) is 5.21. The third-order valence-corrected chi connectivity index (χ3v) is 3.80. The zero-order chi connectivity index (χ0) is 15.1. The first-order valence-corrected chi connectivity index (χ1v) is 7.45. The van der Waals surface area contributed by atoms with Gasteiger partial charge in [0, 0.05) is 45.6 Å². The molecule has 0 saturated heterocycles. The fraction of sp³-hybridized carbons (Fsp3) is 0.462. The van der Waals surface area contributed by atoms with Crippen LogP contribution in [0.2, 0.25) is 0 Å². The van der Waals surface area contributed by atoms with Crippen LogP contribution < -0.4 is 10.6 Å². The highest BCUT2D eigenvalue weighted by molar-refractivity contribution is 7.16. The van der Waals surface area contributed by atoms with Crippen LogP contribution in [0.25, 0.3) is 10.6 Å². The summed E-state index contributed by atoms with van der Waals surface area (Å²) in [5.41, 5.74) is 0.919. The molecule has 7 nitrogen and oxygen atoms in total. The maximum absolute atomic E-state index is 12.0. The Morgan fingerprint density at radius 2 is 2.24 bits per heavy atom. The summed E-state index contributed by atoms with van der Waals surface area (Å²) >= 11 is 1.36. The number of nitrogens with one attached hydrogen (secondary N) is 2. The molecule has 21 heavy (non-hydrogen) atoms. The van der Waals surface area contributed by atoms with Crippen LogP contribution in [-0.4, -0.2) is 54.0 Å². The molecular weight excluding hydrogens is 290 g/mol. The van der Waals surface area contributed by atoms with E-state index in [1.165, 1.54) is 11.3 Å². The molecule has 0 aliphatic heterocycles. The normalized spacial score (nSPS) is 10.8. The zero-order valence-corrected chi connectivity index (χ0v) is 12.9. The van der Waals surface area contributed by atoms with Crippen molar-refractivity contribution in [3.63, 3.8) is 0 Å². The van der Waals surface area contributed by atoms with Crippen molar-refractivity contribution in [1.82, 2.24) is 25.4 Å². The fourth-order valence-electron chi connectivity index (χ4n) is 1.69. The summed E-state index contributed by atoms with van der Waals surface area (Å²) in [6.45, 7) is 2.72. The van der Waals surface area contributed by atoms with Crippen molar-refractivity contribution in [2.24, 2.45) is 7.05 Å². The molecule has 0 bridgehead atoms. The first kappa shape index (κ1) is 15.6. The molecule has 0 fully saturated rings. The number of methoxy groups -OCH3 is 1. The molecule has 0 aliphatic carbocycles. The van der Waals surface area contributed by atoms with Crippen LogP contribution in [0.1, 0.15) is 9.67 Å². The standard InChI is InChI=1S/C13H19N5O2S/c1-18-9-10(7-17-18)13-16-8-11(21-13)12(19)15-4-3-14-5-6-20-2/h7-9,14H,3-6H2,1-2H3,(H,15,19). The smallest absolute Gasteiger partial charge is 0.263 e. The van der Waals surface area contributed by atoms with Crippen molar-refractivity contribution in [3.05, 3.63) is 23.5 Å². The number of aryl methyl sites for hydroxylation is 1. The lowest BCUT2D eigenvalue weighted by molar-refractivity contribution is 0.0957. The molecule has 2 aromatic heterocycles. The number of carbonyl (C=O) groups excluding carboxylic acids is 1. The van der Waals surface area contributed by atoms with Crippen LogP contribution >= 0.6 is 11.3 Å². The van der Waals surface area contributed by atoms with E-state index < -0.39 is 0 Å². The number of hydrogen-bond acceptors (Lipinski definition) is 6. The predicted octanol–water partition coefficient (Wildman–Crippen LogP) is 0.509. The SMILES string of the molecule is COCCNCCNC(=O)c1cnc(-c2cnn(C)c2)s1. The minimum absolute atomic E-state index is 0.101. The van der Waals surface area contributed by atoms with Crippen LogP contribution in [0.3, 0.4) is 0 Å². The molecule has 0 radical (unpaired) electrons. The summed E-state index contributed by atoms with van der Waals surface area (Å²) in [5.74, 6) is -0.101. The Labute approximate surface area is 127 Å². The van der Waals surface area contributed by atoms with Gasteiger partial charge in [0.1, 0.15) is 9.88 Å². The number of thiazole rings is 1.